The van der Waals surface area contributed by atoms with Crippen LogP contribution in [0.1, 0.15) is 78.7 Å². The Morgan fingerprint density at radius 3 is 2.52 bits per heavy atom. The van der Waals surface area contributed by atoms with Gasteiger partial charge >= 0.3 is 6.09 Å². The van der Waals surface area contributed by atoms with Crippen LogP contribution >= 0.6 is 0 Å². The number of nitrogens with zero attached hydrogens (tertiary/aromatic N) is 3. The molecule has 3 N–H and O–H groups in total. The molecule has 260 valence electrons. The zero-order valence-corrected chi connectivity index (χ0v) is 27.8. The third kappa shape index (κ3) is 8.35. The number of piperidine rings is 2. The SMILES string of the molecule is Cc1noc2c1C(=O)NC1(CCN(C3CCOCC3)CC1)CC(=O)NCC[C@H]1CN(C(=O)OCc3ccccc3)CC[C@H]1CC(=O)NC2. The van der Waals surface area contributed by atoms with E-state index in [0.717, 1.165) is 44.7 Å². The van der Waals surface area contributed by atoms with E-state index in [0.29, 0.717) is 62.6 Å². The van der Waals surface area contributed by atoms with Crippen molar-refractivity contribution in [3.8, 4) is 0 Å². The molecular weight excluding hydrogens is 616 g/mol. The Bertz CT molecular complexity index is 1430. The van der Waals surface area contributed by atoms with Crippen molar-refractivity contribution in [1.29, 1.82) is 0 Å². The standard InChI is InChI=1S/C35H48N6O7/c1-24-32-29(48-39-24)21-37-30(42)19-26-8-14-41(34(45)47-23-25-5-3-2-4-6-25)22-27(26)7-13-36-31(43)20-35(38-33(32)44)11-15-40(16-12-35)28-9-17-46-18-10-28/h2-6,26-28H,7-23H2,1H3,(H,36,43)(H,37,42)(H,38,44)/t26-,27-/m0/s1. The molecule has 1 aromatic carbocycles. The minimum absolute atomic E-state index is 0.00747. The number of rotatable bonds is 3. The van der Waals surface area contributed by atoms with Gasteiger partial charge < -0.3 is 39.7 Å². The topological polar surface area (TPSA) is 155 Å². The van der Waals surface area contributed by atoms with Crippen molar-refractivity contribution in [3.05, 3.63) is 52.9 Å². The summed E-state index contributed by atoms with van der Waals surface area (Å²) in [7, 11) is 0. The molecule has 4 aliphatic heterocycles. The number of aryl methyl sites for hydroxylation is 1. The Hall–Kier alpha value is -3.97. The summed E-state index contributed by atoms with van der Waals surface area (Å²) in [5, 5.41) is 13.3. The van der Waals surface area contributed by atoms with Crippen LogP contribution in [0.3, 0.4) is 0 Å². The van der Waals surface area contributed by atoms with Gasteiger partial charge in [0.25, 0.3) is 5.91 Å². The average Bonchev–Trinajstić information content (AvgIpc) is 3.47. The van der Waals surface area contributed by atoms with Gasteiger partial charge in [0.15, 0.2) is 5.76 Å². The predicted molar refractivity (Wildman–Crippen MR) is 175 cm³/mol. The summed E-state index contributed by atoms with van der Waals surface area (Å²) in [4.78, 5) is 57.7. The van der Waals surface area contributed by atoms with Gasteiger partial charge in [-0.05, 0) is 62.8 Å². The Morgan fingerprint density at radius 1 is 0.979 bits per heavy atom. The van der Waals surface area contributed by atoms with Crippen molar-refractivity contribution in [2.45, 2.75) is 83.0 Å². The molecule has 4 amide bonds. The lowest BCUT2D eigenvalue weighted by molar-refractivity contribution is -0.124. The van der Waals surface area contributed by atoms with Crippen LogP contribution in [0.5, 0.6) is 0 Å². The van der Waals surface area contributed by atoms with Crippen LogP contribution in [-0.2, 0) is 32.2 Å². The monoisotopic (exact) mass is 664 g/mol. The average molecular weight is 665 g/mol. The maximum atomic E-state index is 13.8. The zero-order valence-electron chi connectivity index (χ0n) is 27.8. The quantitative estimate of drug-likeness (QED) is 0.449. The van der Waals surface area contributed by atoms with Gasteiger partial charge in [-0.2, -0.15) is 0 Å². The van der Waals surface area contributed by atoms with Crippen molar-refractivity contribution in [2.24, 2.45) is 11.8 Å². The molecule has 0 unspecified atom stereocenters. The number of nitrogens with one attached hydrogen (secondary N) is 3. The highest BCUT2D eigenvalue weighted by atomic mass is 16.6. The van der Waals surface area contributed by atoms with E-state index in [1.165, 1.54) is 0 Å². The summed E-state index contributed by atoms with van der Waals surface area (Å²) < 4.78 is 16.7. The van der Waals surface area contributed by atoms with Gasteiger partial charge in [0.2, 0.25) is 11.8 Å². The number of hydrogen-bond acceptors (Lipinski definition) is 9. The number of likely N-dealkylation sites (tertiary alicyclic amines) is 2. The Morgan fingerprint density at radius 2 is 1.75 bits per heavy atom. The number of amides is 4. The van der Waals surface area contributed by atoms with Crippen molar-refractivity contribution in [3.63, 3.8) is 0 Å². The predicted octanol–water partition coefficient (Wildman–Crippen LogP) is 2.92. The van der Waals surface area contributed by atoms with Crippen molar-refractivity contribution < 1.29 is 33.2 Å². The van der Waals surface area contributed by atoms with E-state index in [9.17, 15) is 19.2 Å². The molecule has 3 fully saturated rings. The Balaban J connectivity index is 1.16. The van der Waals surface area contributed by atoms with E-state index < -0.39 is 5.54 Å². The number of carbonyl (C=O) groups excluding carboxylic acids is 4. The molecule has 48 heavy (non-hydrogen) atoms. The zero-order chi connectivity index (χ0) is 33.5. The maximum absolute atomic E-state index is 13.8. The molecule has 13 nitrogen and oxygen atoms in total. The highest BCUT2D eigenvalue weighted by molar-refractivity contribution is 5.97. The van der Waals surface area contributed by atoms with Gasteiger partial charge in [-0.1, -0.05) is 35.5 Å². The molecule has 1 aromatic heterocycles. The third-order valence-corrected chi connectivity index (χ3v) is 10.6. The van der Waals surface area contributed by atoms with Gasteiger partial charge in [-0.25, -0.2) is 4.79 Å². The second-order valence-corrected chi connectivity index (χ2v) is 13.8. The second-order valence-electron chi connectivity index (χ2n) is 13.8. The van der Waals surface area contributed by atoms with E-state index in [1.807, 2.05) is 30.3 Å². The van der Waals surface area contributed by atoms with Gasteiger partial charge in [0.05, 0.1) is 17.8 Å². The number of fused-ring (bicyclic) bond motifs is 2. The Kier molecular flexibility index (Phi) is 11.0. The summed E-state index contributed by atoms with van der Waals surface area (Å²) in [5.74, 6) is -0.359. The number of benzene rings is 1. The second kappa shape index (κ2) is 15.5. The van der Waals surface area contributed by atoms with Crippen molar-refractivity contribution in [2.75, 3.05) is 45.9 Å². The summed E-state index contributed by atoms with van der Waals surface area (Å²) in [5.41, 5.74) is 0.910. The molecule has 4 aliphatic rings. The van der Waals surface area contributed by atoms with Gasteiger partial charge in [-0.15, -0.1) is 0 Å². The van der Waals surface area contributed by atoms with Crippen LogP contribution in [0.4, 0.5) is 4.79 Å². The summed E-state index contributed by atoms with van der Waals surface area (Å²) >= 11 is 0. The van der Waals surface area contributed by atoms with Gasteiger partial charge in [-0.3, -0.25) is 14.4 Å². The molecule has 6 rings (SSSR count). The molecule has 2 atom stereocenters. The van der Waals surface area contributed by atoms with Crippen LogP contribution in [0.15, 0.2) is 34.9 Å². The van der Waals surface area contributed by atoms with Gasteiger partial charge in [0.1, 0.15) is 12.2 Å². The molecule has 0 radical (unpaired) electrons. The fraction of sp³-hybridized carbons (Fsp3) is 0.629. The van der Waals surface area contributed by atoms with Gasteiger partial charge in [0, 0.05) is 64.8 Å². The number of aromatic nitrogens is 1. The van der Waals surface area contributed by atoms with Crippen LogP contribution in [0.2, 0.25) is 0 Å². The first-order valence-corrected chi connectivity index (χ1v) is 17.4. The molecule has 0 aliphatic carbocycles. The summed E-state index contributed by atoms with van der Waals surface area (Å²) in [6.07, 6.45) is 4.50. The summed E-state index contributed by atoms with van der Waals surface area (Å²) in [6.45, 7) is 6.30. The molecule has 0 bridgehead atoms. The third-order valence-electron chi connectivity index (χ3n) is 10.6. The van der Waals surface area contributed by atoms with Crippen LogP contribution < -0.4 is 16.0 Å². The maximum Gasteiger partial charge on any atom is 0.410 e. The lowest BCUT2D eigenvalue weighted by Gasteiger charge is -2.45. The molecule has 1 spiro atoms. The first-order chi connectivity index (χ1) is 23.3. The molecule has 3 saturated heterocycles. The van der Waals surface area contributed by atoms with Crippen molar-refractivity contribution >= 4 is 23.8 Å². The molecule has 5 heterocycles. The smallest absolute Gasteiger partial charge is 0.410 e. The molecule has 0 saturated carbocycles. The highest BCUT2D eigenvalue weighted by Gasteiger charge is 2.41. The first kappa shape index (κ1) is 33.9. The highest BCUT2D eigenvalue weighted by Crippen LogP contribution is 2.32. The minimum Gasteiger partial charge on any atom is -0.445 e. The fourth-order valence-electron chi connectivity index (χ4n) is 7.75. The van der Waals surface area contributed by atoms with E-state index in [1.54, 1.807) is 11.8 Å². The molecule has 13 heteroatoms. The minimum atomic E-state index is -0.739. The summed E-state index contributed by atoms with van der Waals surface area (Å²) in [6, 6.07) is 10.0. The largest absolute Gasteiger partial charge is 0.445 e. The lowest BCUT2D eigenvalue weighted by Crippen LogP contribution is -2.59. The number of carbonyl (C=O) groups is 4. The number of ether oxygens (including phenoxy) is 2. The van der Waals surface area contributed by atoms with E-state index in [4.69, 9.17) is 14.0 Å². The van der Waals surface area contributed by atoms with Crippen LogP contribution in [0.25, 0.3) is 0 Å². The molecule has 2 aromatic rings. The first-order valence-electron chi connectivity index (χ1n) is 17.4. The van der Waals surface area contributed by atoms with Crippen LogP contribution in [0, 0.1) is 18.8 Å². The molecular formula is C35H48N6O7. The fourth-order valence-corrected chi connectivity index (χ4v) is 7.75. The Labute approximate surface area is 281 Å². The van der Waals surface area contributed by atoms with E-state index in [-0.39, 0.29) is 67.4 Å². The van der Waals surface area contributed by atoms with E-state index >= 15 is 0 Å². The normalized spacial score (nSPS) is 24.9. The lowest BCUT2D eigenvalue weighted by atomic mass is 9.80. The van der Waals surface area contributed by atoms with Crippen LogP contribution in [-0.4, -0.2) is 96.3 Å². The van der Waals surface area contributed by atoms with E-state index in [2.05, 4.69) is 26.0 Å². The number of hydrogen-bond donors (Lipinski definition) is 3. The van der Waals surface area contributed by atoms with Crippen molar-refractivity contribution in [1.82, 2.24) is 30.9 Å².